The first-order chi connectivity index (χ1) is 6.71. The Balaban J connectivity index is 4.31. The lowest BCUT2D eigenvalue weighted by Crippen LogP contribution is -2.47. The third-order valence-electron chi connectivity index (χ3n) is 1.87. The largest absolute Gasteiger partial charge is 0.358 e. The summed E-state index contributed by atoms with van der Waals surface area (Å²) in [4.78, 5) is 11.5. The zero-order valence-electron chi connectivity index (χ0n) is 8.54. The number of hydrogen-bond acceptors (Lipinski definition) is 3. The summed E-state index contributed by atoms with van der Waals surface area (Å²) in [5, 5.41) is 5.51. The van der Waals surface area contributed by atoms with Crippen molar-refractivity contribution in [1.82, 2.24) is 10.4 Å². The van der Waals surface area contributed by atoms with Crippen LogP contribution in [0.4, 0.5) is 0 Å². The Morgan fingerprint density at radius 2 is 2.29 bits per heavy atom. The monoisotopic (exact) mass is 256 g/mol. The maximum absolute atomic E-state index is 11.5. The fourth-order valence-electron chi connectivity index (χ4n) is 1.17. The zero-order chi connectivity index (χ0) is 11.0. The number of carbonyl (C=O) groups is 1. The smallest absolute Gasteiger partial charge is 0.239 e. The van der Waals surface area contributed by atoms with E-state index in [0.29, 0.717) is 8.50 Å². The summed E-state index contributed by atoms with van der Waals surface area (Å²) in [6.07, 6.45) is 1.81. The van der Waals surface area contributed by atoms with Gasteiger partial charge < -0.3 is 9.84 Å². The molecular weight excluding hydrogens is 237 g/mol. The molecule has 0 aliphatic heterocycles. The van der Waals surface area contributed by atoms with Crippen LogP contribution in [-0.2, 0) is 9.32 Å². The quantitative estimate of drug-likeness (QED) is 0.669. The number of rotatable bonds is 7. The molecule has 0 aromatic carbocycles. The number of nitrogens with one attached hydrogen (secondary N) is 2. The molecule has 0 heterocycles. The Labute approximate surface area is 91.9 Å². The van der Waals surface area contributed by atoms with Crippen molar-refractivity contribution >= 4 is 32.7 Å². The molecule has 4 unspecified atom stereocenters. The van der Waals surface area contributed by atoms with Crippen molar-refractivity contribution in [2.75, 3.05) is 7.05 Å². The average molecular weight is 256 g/mol. The highest BCUT2D eigenvalue weighted by Gasteiger charge is 2.25. The molecule has 0 aliphatic rings. The summed E-state index contributed by atoms with van der Waals surface area (Å²) in [6, 6.07) is -0.294. The normalized spacial score (nSPS) is 15.7. The van der Waals surface area contributed by atoms with Gasteiger partial charge in [-0.1, -0.05) is 31.7 Å². The van der Waals surface area contributed by atoms with Crippen molar-refractivity contribution in [3.63, 3.8) is 0 Å². The minimum Gasteiger partial charge on any atom is -0.358 e. The van der Waals surface area contributed by atoms with E-state index in [2.05, 4.69) is 35.6 Å². The van der Waals surface area contributed by atoms with E-state index in [9.17, 15) is 4.79 Å². The van der Waals surface area contributed by atoms with Gasteiger partial charge in [0, 0.05) is 15.5 Å². The molecule has 0 saturated heterocycles. The number of carbonyl (C=O) groups excluding carboxylic acids is 1. The van der Waals surface area contributed by atoms with Crippen LogP contribution in [0, 0.1) is 0 Å². The van der Waals surface area contributed by atoms with Gasteiger partial charge in [-0.05, 0) is 6.42 Å². The Hall–Kier alpha value is 0.680. The second-order valence-electron chi connectivity index (χ2n) is 2.82. The van der Waals surface area contributed by atoms with Gasteiger partial charge in [-0.2, -0.15) is 0 Å². The van der Waals surface area contributed by atoms with Crippen LogP contribution in [0.25, 0.3) is 0 Å². The number of likely N-dealkylation sites (N-methyl/N-ethyl adjacent to an activating group) is 1. The van der Waals surface area contributed by atoms with Gasteiger partial charge in [0.15, 0.2) is 0 Å². The first-order valence-electron chi connectivity index (χ1n) is 4.50. The van der Waals surface area contributed by atoms with E-state index in [1.54, 1.807) is 7.05 Å². The molecule has 4 nitrogen and oxygen atoms in total. The molecule has 0 spiro atoms. The van der Waals surface area contributed by atoms with Gasteiger partial charge in [0.1, 0.15) is 6.04 Å². The highest BCUT2D eigenvalue weighted by Crippen LogP contribution is 2.27. The van der Waals surface area contributed by atoms with E-state index in [0.717, 1.165) is 12.8 Å². The molecule has 0 saturated carbocycles. The molecule has 0 aliphatic carbocycles. The van der Waals surface area contributed by atoms with Crippen LogP contribution < -0.4 is 10.4 Å². The molecular formula is C7H19N2O2P3. The molecule has 14 heavy (non-hydrogen) atoms. The number of amides is 1. The summed E-state index contributed by atoms with van der Waals surface area (Å²) >= 11 is 0. The van der Waals surface area contributed by atoms with Crippen molar-refractivity contribution in [2.24, 2.45) is 0 Å². The van der Waals surface area contributed by atoms with Crippen molar-refractivity contribution in [3.05, 3.63) is 0 Å². The van der Waals surface area contributed by atoms with Crippen LogP contribution in [0.3, 0.4) is 0 Å². The van der Waals surface area contributed by atoms with Crippen LogP contribution in [0.1, 0.15) is 19.8 Å². The van der Waals surface area contributed by atoms with E-state index in [1.807, 2.05) is 0 Å². The lowest BCUT2D eigenvalue weighted by Gasteiger charge is -2.24. The molecule has 7 heteroatoms. The Kier molecular flexibility index (Phi) is 9.38. The van der Waals surface area contributed by atoms with Crippen LogP contribution in [0.2, 0.25) is 0 Å². The summed E-state index contributed by atoms with van der Waals surface area (Å²) in [6.45, 7) is 2.08. The molecule has 84 valence electrons. The topological polar surface area (TPSA) is 50.4 Å². The van der Waals surface area contributed by atoms with Crippen molar-refractivity contribution in [3.8, 4) is 0 Å². The zero-order valence-corrected chi connectivity index (χ0v) is 11.8. The van der Waals surface area contributed by atoms with Crippen LogP contribution in [0.15, 0.2) is 0 Å². The van der Waals surface area contributed by atoms with E-state index in [1.165, 1.54) is 0 Å². The lowest BCUT2D eigenvalue weighted by molar-refractivity contribution is -0.124. The minimum atomic E-state index is -0.294. The van der Waals surface area contributed by atoms with Gasteiger partial charge >= 0.3 is 0 Å². The second kappa shape index (κ2) is 8.95. The fraction of sp³-hybridized carbons (Fsp3) is 0.857. The Morgan fingerprint density at radius 3 is 2.64 bits per heavy atom. The molecule has 1 amide bonds. The third kappa shape index (κ3) is 4.96. The predicted octanol–water partition coefficient (Wildman–Crippen LogP) is 1.05. The summed E-state index contributed by atoms with van der Waals surface area (Å²) in [7, 11) is 6.85. The lowest BCUT2D eigenvalue weighted by atomic mass is 10.1. The highest BCUT2D eigenvalue weighted by atomic mass is 32.0. The van der Waals surface area contributed by atoms with Crippen molar-refractivity contribution in [2.45, 2.75) is 31.9 Å². The molecule has 0 radical (unpaired) electrons. The molecule has 0 aromatic heterocycles. The van der Waals surface area contributed by atoms with Crippen molar-refractivity contribution in [1.29, 1.82) is 0 Å². The van der Waals surface area contributed by atoms with Gasteiger partial charge in [-0.3, -0.25) is 9.88 Å². The predicted molar refractivity (Wildman–Crippen MR) is 68.5 cm³/mol. The van der Waals surface area contributed by atoms with E-state index >= 15 is 0 Å². The van der Waals surface area contributed by atoms with Crippen LogP contribution in [-0.4, -0.2) is 25.1 Å². The van der Waals surface area contributed by atoms with Crippen molar-refractivity contribution < 1.29 is 9.32 Å². The van der Waals surface area contributed by atoms with Crippen LogP contribution >= 0.6 is 26.8 Å². The van der Waals surface area contributed by atoms with Gasteiger partial charge in [0.05, 0.1) is 6.10 Å². The summed E-state index contributed by atoms with van der Waals surface area (Å²) in [5.74, 6) is -0.0401. The first kappa shape index (κ1) is 14.7. The standard InChI is InChI=1S/C7H19N2O2P3/c1-3-4-5(11-14-13)6(9-12)7(10)8-2/h5-6,9,14H,3-4,12-13H2,1-2H3,(H,8,10)/t5-,6?/m0/s1. The molecule has 0 fully saturated rings. The minimum absolute atomic E-state index is 0.0401. The molecule has 0 aromatic rings. The number of hydrogen-bond donors (Lipinski definition) is 2. The van der Waals surface area contributed by atoms with E-state index < -0.39 is 0 Å². The Bertz CT molecular complexity index is 165. The van der Waals surface area contributed by atoms with Gasteiger partial charge in [0.25, 0.3) is 0 Å². The van der Waals surface area contributed by atoms with Gasteiger partial charge in [0.2, 0.25) is 5.91 Å². The molecule has 5 atom stereocenters. The summed E-state index contributed by atoms with van der Waals surface area (Å²) in [5.41, 5.74) is 0. The first-order valence-corrected chi connectivity index (χ1v) is 7.79. The van der Waals surface area contributed by atoms with Gasteiger partial charge in [-0.25, -0.2) is 0 Å². The summed E-state index contributed by atoms with van der Waals surface area (Å²) < 4.78 is 5.51. The second-order valence-corrected chi connectivity index (χ2v) is 4.33. The van der Waals surface area contributed by atoms with E-state index in [-0.39, 0.29) is 18.1 Å². The highest BCUT2D eigenvalue weighted by molar-refractivity contribution is 8.00. The Morgan fingerprint density at radius 1 is 1.64 bits per heavy atom. The molecule has 0 rings (SSSR count). The SMILES string of the molecule is CCC[C@H](OPP)C(NP)C(=O)NC. The van der Waals surface area contributed by atoms with E-state index in [4.69, 9.17) is 4.52 Å². The molecule has 2 N–H and O–H groups in total. The maximum atomic E-state index is 11.5. The average Bonchev–Trinajstić information content (AvgIpc) is 2.19. The fourth-order valence-corrected chi connectivity index (χ4v) is 2.49. The maximum Gasteiger partial charge on any atom is 0.239 e. The van der Waals surface area contributed by atoms with Gasteiger partial charge in [-0.15, -0.1) is 0 Å². The van der Waals surface area contributed by atoms with Crippen LogP contribution in [0.5, 0.6) is 0 Å². The molecule has 0 bridgehead atoms. The third-order valence-corrected chi connectivity index (χ3v) is 3.08.